The molecule has 1 aromatic carbocycles. The van der Waals surface area contributed by atoms with Gasteiger partial charge in [-0.15, -0.1) is 0 Å². The molecule has 0 spiro atoms. The zero-order chi connectivity index (χ0) is 18.3. The van der Waals surface area contributed by atoms with Crippen molar-refractivity contribution in [3.05, 3.63) is 33.8 Å². The first-order valence-corrected chi connectivity index (χ1v) is 11.3. The van der Waals surface area contributed by atoms with E-state index in [2.05, 4.69) is 32.9 Å². The second-order valence-corrected chi connectivity index (χ2v) is 8.27. The van der Waals surface area contributed by atoms with Crippen LogP contribution >= 0.6 is 11.6 Å². The van der Waals surface area contributed by atoms with Gasteiger partial charge in [0, 0.05) is 5.02 Å². The van der Waals surface area contributed by atoms with E-state index < -0.39 is 0 Å². The van der Waals surface area contributed by atoms with Crippen molar-refractivity contribution in [2.75, 3.05) is 0 Å². The van der Waals surface area contributed by atoms with Gasteiger partial charge in [-0.05, 0) is 43.4 Å². The number of benzene rings is 1. The normalized spacial score (nSPS) is 11.2. The second-order valence-electron chi connectivity index (χ2n) is 7.89. The summed E-state index contributed by atoms with van der Waals surface area (Å²) in [6.45, 7) is 6.52. The van der Waals surface area contributed by atoms with Crippen molar-refractivity contribution >= 4 is 11.6 Å². The highest BCUT2D eigenvalue weighted by molar-refractivity contribution is 6.32. The Labute approximate surface area is 162 Å². The van der Waals surface area contributed by atoms with Gasteiger partial charge in [0.25, 0.3) is 0 Å². The van der Waals surface area contributed by atoms with Gasteiger partial charge in [0.2, 0.25) is 0 Å². The largest absolute Gasteiger partial charge is 0.0838 e. The van der Waals surface area contributed by atoms with Gasteiger partial charge < -0.3 is 0 Å². The molecule has 0 aromatic heterocycles. The Morgan fingerprint density at radius 3 is 1.36 bits per heavy atom. The summed E-state index contributed by atoms with van der Waals surface area (Å²) in [6.07, 6.45) is 21.2. The first kappa shape index (κ1) is 22.6. The van der Waals surface area contributed by atoms with Gasteiger partial charge in [-0.3, -0.25) is 0 Å². The fourth-order valence-corrected chi connectivity index (χ4v) is 3.81. The van der Waals surface area contributed by atoms with E-state index in [9.17, 15) is 0 Å². The SMILES string of the molecule is CCCCCCCCCCCCCCCCc1cc(C)c(Cl)c(C)c1. The maximum absolute atomic E-state index is 6.24. The van der Waals surface area contributed by atoms with Gasteiger partial charge in [-0.2, -0.15) is 0 Å². The molecule has 0 radical (unpaired) electrons. The van der Waals surface area contributed by atoms with Crippen LogP contribution in [0.3, 0.4) is 0 Å². The van der Waals surface area contributed by atoms with E-state index in [1.54, 1.807) is 0 Å². The zero-order valence-electron chi connectivity index (χ0n) is 17.1. The van der Waals surface area contributed by atoms with Gasteiger partial charge in [-0.1, -0.05) is 114 Å². The topological polar surface area (TPSA) is 0 Å². The van der Waals surface area contributed by atoms with E-state index >= 15 is 0 Å². The summed E-state index contributed by atoms with van der Waals surface area (Å²) in [6, 6.07) is 4.52. The first-order valence-electron chi connectivity index (χ1n) is 10.9. The molecule has 0 nitrogen and oxygen atoms in total. The highest BCUT2D eigenvalue weighted by atomic mass is 35.5. The summed E-state index contributed by atoms with van der Waals surface area (Å²) in [7, 11) is 0. The van der Waals surface area contributed by atoms with Crippen LogP contribution in [0.5, 0.6) is 0 Å². The highest BCUT2D eigenvalue weighted by Gasteiger charge is 2.02. The van der Waals surface area contributed by atoms with Crippen molar-refractivity contribution < 1.29 is 0 Å². The fraction of sp³-hybridized carbons (Fsp3) is 0.750. The van der Waals surface area contributed by atoms with Gasteiger partial charge in [0.05, 0.1) is 0 Å². The zero-order valence-corrected chi connectivity index (χ0v) is 17.9. The molecule has 0 aliphatic carbocycles. The number of hydrogen-bond acceptors (Lipinski definition) is 0. The van der Waals surface area contributed by atoms with Crippen molar-refractivity contribution in [1.82, 2.24) is 0 Å². The molecule has 0 saturated heterocycles. The molecule has 25 heavy (non-hydrogen) atoms. The summed E-state index contributed by atoms with van der Waals surface area (Å²) < 4.78 is 0. The predicted octanol–water partition coefficient (Wildman–Crippen LogP) is 8.98. The Kier molecular flexibility index (Phi) is 13.2. The molecule has 0 aliphatic heterocycles. The Morgan fingerprint density at radius 1 is 0.600 bits per heavy atom. The van der Waals surface area contributed by atoms with Crippen molar-refractivity contribution in [3.8, 4) is 0 Å². The third kappa shape index (κ3) is 11.0. The summed E-state index contributed by atoms with van der Waals surface area (Å²) in [5.41, 5.74) is 3.90. The van der Waals surface area contributed by atoms with Gasteiger partial charge in [0.1, 0.15) is 0 Å². The Hall–Kier alpha value is -0.490. The average Bonchev–Trinajstić information content (AvgIpc) is 2.60. The van der Waals surface area contributed by atoms with Crippen LogP contribution in [0, 0.1) is 13.8 Å². The molecule has 1 rings (SSSR count). The standard InChI is InChI=1S/C24H41Cl/c1-4-5-6-7-8-9-10-11-12-13-14-15-16-17-18-23-19-21(2)24(25)22(3)20-23/h19-20H,4-18H2,1-3H3. The molecule has 0 fully saturated rings. The van der Waals surface area contributed by atoms with Crippen molar-refractivity contribution in [3.63, 3.8) is 0 Å². The number of hydrogen-bond donors (Lipinski definition) is 0. The summed E-state index contributed by atoms with van der Waals surface area (Å²) in [4.78, 5) is 0. The first-order chi connectivity index (χ1) is 12.1. The third-order valence-corrected chi connectivity index (χ3v) is 5.91. The number of halogens is 1. The Morgan fingerprint density at radius 2 is 0.960 bits per heavy atom. The minimum Gasteiger partial charge on any atom is -0.0838 e. The van der Waals surface area contributed by atoms with Crippen LogP contribution in [-0.4, -0.2) is 0 Å². The van der Waals surface area contributed by atoms with Gasteiger partial charge in [0.15, 0.2) is 0 Å². The van der Waals surface area contributed by atoms with Crippen molar-refractivity contribution in [2.45, 2.75) is 117 Å². The molecule has 0 saturated carbocycles. The van der Waals surface area contributed by atoms with E-state index in [4.69, 9.17) is 11.6 Å². The fourth-order valence-electron chi connectivity index (χ4n) is 3.70. The second kappa shape index (κ2) is 14.7. The van der Waals surface area contributed by atoms with Crippen molar-refractivity contribution in [1.29, 1.82) is 0 Å². The number of rotatable bonds is 15. The molecule has 144 valence electrons. The van der Waals surface area contributed by atoms with Crippen LogP contribution in [0.15, 0.2) is 12.1 Å². The maximum Gasteiger partial charge on any atom is 0.0464 e. The molecule has 0 amide bonds. The van der Waals surface area contributed by atoms with Crippen LogP contribution in [0.4, 0.5) is 0 Å². The highest BCUT2D eigenvalue weighted by Crippen LogP contribution is 2.23. The van der Waals surface area contributed by atoms with Crippen molar-refractivity contribution in [2.24, 2.45) is 0 Å². The molecule has 0 unspecified atom stereocenters. The molecular formula is C24H41Cl. The molecule has 1 heteroatoms. The van der Waals surface area contributed by atoms with Crippen LogP contribution in [0.25, 0.3) is 0 Å². The number of unbranched alkanes of at least 4 members (excludes halogenated alkanes) is 13. The molecule has 0 bridgehead atoms. The lowest BCUT2D eigenvalue weighted by atomic mass is 10.0. The lowest BCUT2D eigenvalue weighted by Gasteiger charge is -2.08. The minimum absolute atomic E-state index is 0.935. The summed E-state index contributed by atoms with van der Waals surface area (Å²) >= 11 is 6.24. The van der Waals surface area contributed by atoms with E-state index in [1.807, 2.05) is 0 Å². The Balaban J connectivity index is 1.89. The molecule has 0 atom stereocenters. The average molecular weight is 365 g/mol. The summed E-state index contributed by atoms with van der Waals surface area (Å²) in [5.74, 6) is 0. The molecular weight excluding hydrogens is 324 g/mol. The third-order valence-electron chi connectivity index (χ3n) is 5.32. The lowest BCUT2D eigenvalue weighted by Crippen LogP contribution is -1.91. The van der Waals surface area contributed by atoms with Crippen LogP contribution < -0.4 is 0 Å². The Bertz CT molecular complexity index is 426. The van der Waals surface area contributed by atoms with Crippen LogP contribution in [-0.2, 0) is 6.42 Å². The quantitative estimate of drug-likeness (QED) is 0.272. The maximum atomic E-state index is 6.24. The van der Waals surface area contributed by atoms with E-state index in [1.165, 1.54) is 113 Å². The lowest BCUT2D eigenvalue weighted by molar-refractivity contribution is 0.535. The van der Waals surface area contributed by atoms with E-state index in [-0.39, 0.29) is 0 Å². The van der Waals surface area contributed by atoms with E-state index in [0.717, 1.165) is 5.02 Å². The number of aryl methyl sites for hydroxylation is 3. The van der Waals surface area contributed by atoms with Gasteiger partial charge >= 0.3 is 0 Å². The molecule has 0 aliphatic rings. The minimum atomic E-state index is 0.935. The van der Waals surface area contributed by atoms with Gasteiger partial charge in [-0.25, -0.2) is 0 Å². The summed E-state index contributed by atoms with van der Waals surface area (Å²) in [5, 5.41) is 0.935. The van der Waals surface area contributed by atoms with Crippen LogP contribution in [0.1, 0.15) is 114 Å². The molecule has 0 heterocycles. The van der Waals surface area contributed by atoms with E-state index in [0.29, 0.717) is 0 Å². The molecule has 1 aromatic rings. The molecule has 0 N–H and O–H groups in total. The van der Waals surface area contributed by atoms with Crippen LogP contribution in [0.2, 0.25) is 5.02 Å². The smallest absolute Gasteiger partial charge is 0.0464 e. The predicted molar refractivity (Wildman–Crippen MR) is 115 cm³/mol. The monoisotopic (exact) mass is 364 g/mol.